The van der Waals surface area contributed by atoms with Crippen LogP contribution in [0.3, 0.4) is 0 Å². The lowest BCUT2D eigenvalue weighted by atomic mass is 10.1. The van der Waals surface area contributed by atoms with Gasteiger partial charge in [0.1, 0.15) is 0 Å². The Morgan fingerprint density at radius 1 is 1.50 bits per heavy atom. The average molecular weight is 272 g/mol. The van der Waals surface area contributed by atoms with Crippen LogP contribution in [-0.4, -0.2) is 37.4 Å². The van der Waals surface area contributed by atoms with E-state index in [4.69, 9.17) is 21.4 Å². The standard InChI is InChI=1S/C13H18ClNO3/c1-9(2)18-7-6-15(3)12-5-4-10(14)8-11(12)13(16)17/h4-5,8-9H,6-7H2,1-3H3,(H,16,17). The molecule has 4 nitrogen and oxygen atoms in total. The molecule has 0 fully saturated rings. The van der Waals surface area contributed by atoms with Crippen molar-refractivity contribution in [3.8, 4) is 0 Å². The van der Waals surface area contributed by atoms with Crippen molar-refractivity contribution in [2.45, 2.75) is 20.0 Å². The Balaban J connectivity index is 2.78. The third-order valence-electron chi connectivity index (χ3n) is 2.48. The topological polar surface area (TPSA) is 49.8 Å². The maximum Gasteiger partial charge on any atom is 0.337 e. The van der Waals surface area contributed by atoms with Crippen LogP contribution in [0.5, 0.6) is 0 Å². The summed E-state index contributed by atoms with van der Waals surface area (Å²) in [4.78, 5) is 13.0. The molecule has 0 bridgehead atoms. The number of hydrogen-bond acceptors (Lipinski definition) is 3. The summed E-state index contributed by atoms with van der Waals surface area (Å²) in [7, 11) is 1.83. The molecule has 0 radical (unpaired) electrons. The Kier molecular flexibility index (Phi) is 5.44. The van der Waals surface area contributed by atoms with Crippen LogP contribution < -0.4 is 4.90 Å². The minimum absolute atomic E-state index is 0.169. The molecule has 0 heterocycles. The fourth-order valence-electron chi connectivity index (χ4n) is 1.56. The highest BCUT2D eigenvalue weighted by molar-refractivity contribution is 6.31. The van der Waals surface area contributed by atoms with E-state index in [2.05, 4.69) is 0 Å². The van der Waals surface area contributed by atoms with Crippen LogP contribution in [0, 0.1) is 0 Å². The van der Waals surface area contributed by atoms with Crippen LogP contribution in [0.4, 0.5) is 5.69 Å². The Morgan fingerprint density at radius 3 is 2.72 bits per heavy atom. The molecule has 5 heteroatoms. The van der Waals surface area contributed by atoms with E-state index in [0.717, 1.165) is 0 Å². The van der Waals surface area contributed by atoms with Crippen molar-refractivity contribution in [3.05, 3.63) is 28.8 Å². The predicted octanol–water partition coefficient (Wildman–Crippen LogP) is 2.90. The first-order valence-corrected chi connectivity index (χ1v) is 6.15. The van der Waals surface area contributed by atoms with Crippen molar-refractivity contribution in [3.63, 3.8) is 0 Å². The molecule has 0 aliphatic rings. The number of carbonyl (C=O) groups is 1. The van der Waals surface area contributed by atoms with E-state index in [-0.39, 0.29) is 11.7 Å². The van der Waals surface area contributed by atoms with Gasteiger partial charge in [-0.2, -0.15) is 0 Å². The number of halogens is 1. The number of anilines is 1. The number of carboxylic acid groups (broad SMARTS) is 1. The van der Waals surface area contributed by atoms with Crippen molar-refractivity contribution in [1.29, 1.82) is 0 Å². The van der Waals surface area contributed by atoms with Gasteiger partial charge in [-0.3, -0.25) is 0 Å². The first-order valence-electron chi connectivity index (χ1n) is 5.77. The van der Waals surface area contributed by atoms with E-state index in [0.29, 0.717) is 23.9 Å². The van der Waals surface area contributed by atoms with Crippen LogP contribution in [0.1, 0.15) is 24.2 Å². The molecular formula is C13H18ClNO3. The molecule has 0 saturated carbocycles. The molecule has 1 aromatic carbocycles. The number of nitrogens with zero attached hydrogens (tertiary/aromatic N) is 1. The van der Waals surface area contributed by atoms with Gasteiger partial charge in [0.2, 0.25) is 0 Å². The maximum absolute atomic E-state index is 11.1. The molecule has 0 unspecified atom stereocenters. The Labute approximate surface area is 112 Å². The summed E-state index contributed by atoms with van der Waals surface area (Å²) < 4.78 is 5.44. The molecule has 0 amide bonds. The van der Waals surface area contributed by atoms with Crippen molar-refractivity contribution in [2.24, 2.45) is 0 Å². The molecule has 18 heavy (non-hydrogen) atoms. The zero-order chi connectivity index (χ0) is 13.7. The third-order valence-corrected chi connectivity index (χ3v) is 2.71. The summed E-state index contributed by atoms with van der Waals surface area (Å²) in [6.45, 7) is 5.10. The molecule has 100 valence electrons. The normalized spacial score (nSPS) is 10.7. The van der Waals surface area contributed by atoms with E-state index in [1.165, 1.54) is 6.07 Å². The summed E-state index contributed by atoms with van der Waals surface area (Å²) in [6, 6.07) is 4.85. The molecule has 0 aromatic heterocycles. The van der Waals surface area contributed by atoms with Gasteiger partial charge in [-0.15, -0.1) is 0 Å². The second-order valence-corrected chi connectivity index (χ2v) is 4.74. The maximum atomic E-state index is 11.1. The van der Waals surface area contributed by atoms with E-state index in [1.807, 2.05) is 25.8 Å². The van der Waals surface area contributed by atoms with Crippen molar-refractivity contribution in [2.75, 3.05) is 25.1 Å². The van der Waals surface area contributed by atoms with Gasteiger partial charge in [-0.05, 0) is 32.0 Å². The van der Waals surface area contributed by atoms with Crippen molar-refractivity contribution >= 4 is 23.3 Å². The first kappa shape index (κ1) is 14.8. The van der Waals surface area contributed by atoms with E-state index >= 15 is 0 Å². The summed E-state index contributed by atoms with van der Waals surface area (Å²) in [5, 5.41) is 9.56. The molecule has 1 N–H and O–H groups in total. The second kappa shape index (κ2) is 6.61. The van der Waals surface area contributed by atoms with E-state index in [1.54, 1.807) is 12.1 Å². The number of ether oxygens (including phenoxy) is 1. The zero-order valence-electron chi connectivity index (χ0n) is 10.8. The summed E-state index contributed by atoms with van der Waals surface area (Å²) in [6.07, 6.45) is 0.169. The molecule has 0 spiro atoms. The van der Waals surface area contributed by atoms with E-state index < -0.39 is 5.97 Å². The molecule has 0 saturated heterocycles. The minimum atomic E-state index is -0.982. The van der Waals surface area contributed by atoms with Gasteiger partial charge in [0, 0.05) is 18.6 Å². The number of likely N-dealkylation sites (N-methyl/N-ethyl adjacent to an activating group) is 1. The summed E-state index contributed by atoms with van der Waals surface area (Å²) in [5.41, 5.74) is 0.841. The lowest BCUT2D eigenvalue weighted by Crippen LogP contribution is -2.25. The molecule has 0 aliphatic heterocycles. The van der Waals surface area contributed by atoms with Gasteiger partial charge < -0.3 is 14.7 Å². The van der Waals surface area contributed by atoms with Gasteiger partial charge in [-0.25, -0.2) is 4.79 Å². The monoisotopic (exact) mass is 271 g/mol. The highest BCUT2D eigenvalue weighted by atomic mass is 35.5. The fraction of sp³-hybridized carbons (Fsp3) is 0.462. The third kappa shape index (κ3) is 4.20. The van der Waals surface area contributed by atoms with Crippen molar-refractivity contribution < 1.29 is 14.6 Å². The summed E-state index contributed by atoms with van der Waals surface area (Å²) in [5.74, 6) is -0.982. The molecule has 0 atom stereocenters. The predicted molar refractivity (Wildman–Crippen MR) is 72.8 cm³/mol. The van der Waals surface area contributed by atoms with Crippen LogP contribution in [0.2, 0.25) is 5.02 Å². The Hall–Kier alpha value is -1.26. The highest BCUT2D eigenvalue weighted by Gasteiger charge is 2.14. The number of rotatable bonds is 6. The Morgan fingerprint density at radius 2 is 2.17 bits per heavy atom. The largest absolute Gasteiger partial charge is 0.478 e. The number of benzene rings is 1. The van der Waals surface area contributed by atoms with Crippen LogP contribution >= 0.6 is 11.6 Å². The summed E-state index contributed by atoms with van der Waals surface area (Å²) >= 11 is 5.80. The van der Waals surface area contributed by atoms with Gasteiger partial charge >= 0.3 is 5.97 Å². The quantitative estimate of drug-likeness (QED) is 0.864. The fourth-order valence-corrected chi connectivity index (χ4v) is 1.73. The number of carboxylic acids is 1. The molecule has 1 rings (SSSR count). The highest BCUT2D eigenvalue weighted by Crippen LogP contribution is 2.23. The van der Waals surface area contributed by atoms with E-state index in [9.17, 15) is 4.79 Å². The lowest BCUT2D eigenvalue weighted by molar-refractivity contribution is 0.0696. The molecule has 0 aliphatic carbocycles. The van der Waals surface area contributed by atoms with Gasteiger partial charge in [0.15, 0.2) is 0 Å². The van der Waals surface area contributed by atoms with Crippen LogP contribution in [-0.2, 0) is 4.74 Å². The minimum Gasteiger partial charge on any atom is -0.478 e. The SMILES string of the molecule is CC(C)OCCN(C)c1ccc(Cl)cc1C(=O)O. The second-order valence-electron chi connectivity index (χ2n) is 4.31. The van der Waals surface area contributed by atoms with Crippen LogP contribution in [0.25, 0.3) is 0 Å². The molecular weight excluding hydrogens is 254 g/mol. The molecule has 1 aromatic rings. The van der Waals surface area contributed by atoms with Gasteiger partial charge in [0.05, 0.1) is 24.0 Å². The zero-order valence-corrected chi connectivity index (χ0v) is 11.6. The van der Waals surface area contributed by atoms with Crippen molar-refractivity contribution in [1.82, 2.24) is 0 Å². The van der Waals surface area contributed by atoms with Crippen LogP contribution in [0.15, 0.2) is 18.2 Å². The Bertz CT molecular complexity index is 421. The smallest absolute Gasteiger partial charge is 0.337 e. The van der Waals surface area contributed by atoms with Gasteiger partial charge in [-0.1, -0.05) is 11.6 Å². The lowest BCUT2D eigenvalue weighted by Gasteiger charge is -2.22. The average Bonchev–Trinajstić information content (AvgIpc) is 2.28. The number of hydrogen-bond donors (Lipinski definition) is 1. The number of aromatic carboxylic acids is 1. The first-order chi connectivity index (χ1) is 8.41. The van der Waals surface area contributed by atoms with Gasteiger partial charge in [0.25, 0.3) is 0 Å².